The molecule has 0 heterocycles. The predicted octanol–water partition coefficient (Wildman–Crippen LogP) is 8.21. The van der Waals surface area contributed by atoms with Crippen LogP contribution in [-0.4, -0.2) is 6.61 Å². The Labute approximate surface area is 174 Å². The van der Waals surface area contributed by atoms with Gasteiger partial charge < -0.3 is 4.74 Å². The van der Waals surface area contributed by atoms with Gasteiger partial charge >= 0.3 is 0 Å². The van der Waals surface area contributed by atoms with Crippen LogP contribution in [0.2, 0.25) is 0 Å². The Morgan fingerprint density at radius 1 is 0.750 bits per heavy atom. The third-order valence-electron chi connectivity index (χ3n) is 7.59. The van der Waals surface area contributed by atoms with Gasteiger partial charge in [-0.2, -0.15) is 0 Å². The van der Waals surface area contributed by atoms with Crippen LogP contribution >= 0.6 is 0 Å². The van der Waals surface area contributed by atoms with Crippen molar-refractivity contribution in [2.45, 2.75) is 104 Å². The average Bonchev–Trinajstić information content (AvgIpc) is 2.73. The molecular weight excluding hydrogens is 340 g/mol. The van der Waals surface area contributed by atoms with Gasteiger partial charge in [0.05, 0.1) is 6.61 Å². The molecule has 0 spiro atoms. The van der Waals surface area contributed by atoms with Gasteiger partial charge in [-0.15, -0.1) is 0 Å². The highest BCUT2D eigenvalue weighted by molar-refractivity contribution is 5.27. The third kappa shape index (κ3) is 7.45. The highest BCUT2D eigenvalue weighted by Gasteiger charge is 2.20. The van der Waals surface area contributed by atoms with Gasteiger partial charge in [-0.05, 0) is 67.1 Å². The van der Waals surface area contributed by atoms with Crippen LogP contribution in [0.25, 0.3) is 0 Å². The van der Waals surface area contributed by atoms with E-state index in [0.29, 0.717) is 0 Å². The Bertz CT molecular complexity index is 518. The Morgan fingerprint density at radius 2 is 1.32 bits per heavy atom. The fourth-order valence-corrected chi connectivity index (χ4v) is 5.52. The molecule has 28 heavy (non-hydrogen) atoms. The van der Waals surface area contributed by atoms with Crippen LogP contribution < -0.4 is 4.74 Å². The van der Waals surface area contributed by atoms with Crippen molar-refractivity contribution in [3.63, 3.8) is 0 Å². The minimum absolute atomic E-state index is 0.883. The van der Waals surface area contributed by atoms with E-state index < -0.39 is 0 Å². The molecule has 158 valence electrons. The first-order valence-electron chi connectivity index (χ1n) is 12.4. The van der Waals surface area contributed by atoms with Crippen LogP contribution in [0.4, 0.5) is 0 Å². The summed E-state index contributed by atoms with van der Waals surface area (Å²) in [7, 11) is 0. The van der Waals surface area contributed by atoms with Crippen molar-refractivity contribution in [1.29, 1.82) is 0 Å². The Balaban J connectivity index is 1.26. The number of rotatable bonds is 10. The molecule has 0 unspecified atom stereocenters. The van der Waals surface area contributed by atoms with E-state index >= 15 is 0 Å². The topological polar surface area (TPSA) is 9.23 Å². The number of ether oxygens (including phenoxy) is 1. The van der Waals surface area contributed by atoms with Crippen molar-refractivity contribution in [2.24, 2.45) is 23.7 Å². The van der Waals surface area contributed by atoms with E-state index in [-0.39, 0.29) is 0 Å². The quantitative estimate of drug-likeness (QED) is 0.369. The van der Waals surface area contributed by atoms with Crippen molar-refractivity contribution in [3.8, 4) is 5.75 Å². The van der Waals surface area contributed by atoms with Crippen LogP contribution in [-0.2, 0) is 6.42 Å². The van der Waals surface area contributed by atoms with Crippen molar-refractivity contribution < 1.29 is 4.74 Å². The van der Waals surface area contributed by atoms with E-state index in [1.807, 2.05) is 0 Å². The lowest BCUT2D eigenvalue weighted by Crippen LogP contribution is -2.15. The molecule has 2 saturated carbocycles. The molecule has 1 aromatic carbocycles. The lowest BCUT2D eigenvalue weighted by molar-refractivity contribution is 0.230. The Kier molecular flexibility index (Phi) is 9.22. The standard InChI is InChI=1S/C27H44O/c1-3-5-23-11-13-24(14-12-23)6-4-21-28-27-19-17-26(18-20-27)16-15-25-9-7-22(2)8-10-25/h17-20,22-25H,3-16,21H2,1-2H3/t22-,23-,24-,25-. The van der Waals surface area contributed by atoms with Gasteiger partial charge in [0.25, 0.3) is 0 Å². The highest BCUT2D eigenvalue weighted by Crippen LogP contribution is 2.34. The molecule has 0 aromatic heterocycles. The van der Waals surface area contributed by atoms with Crippen molar-refractivity contribution in [1.82, 2.24) is 0 Å². The van der Waals surface area contributed by atoms with Gasteiger partial charge in [-0.3, -0.25) is 0 Å². The summed E-state index contributed by atoms with van der Waals surface area (Å²) < 4.78 is 6.02. The Morgan fingerprint density at radius 3 is 1.96 bits per heavy atom. The van der Waals surface area contributed by atoms with Crippen molar-refractivity contribution in [2.75, 3.05) is 6.61 Å². The van der Waals surface area contributed by atoms with E-state index in [4.69, 9.17) is 4.74 Å². The van der Waals surface area contributed by atoms with Crippen LogP contribution in [0.1, 0.15) is 103 Å². The summed E-state index contributed by atoms with van der Waals surface area (Å²) in [5.74, 6) is 4.97. The largest absolute Gasteiger partial charge is 0.494 e. The van der Waals surface area contributed by atoms with E-state index in [1.165, 1.54) is 95.5 Å². The van der Waals surface area contributed by atoms with Crippen LogP contribution in [0.3, 0.4) is 0 Å². The molecule has 0 radical (unpaired) electrons. The fourth-order valence-electron chi connectivity index (χ4n) is 5.52. The first-order valence-corrected chi connectivity index (χ1v) is 12.4. The molecule has 1 heteroatoms. The second kappa shape index (κ2) is 11.9. The smallest absolute Gasteiger partial charge is 0.119 e. The maximum Gasteiger partial charge on any atom is 0.119 e. The molecule has 0 saturated heterocycles. The summed E-state index contributed by atoms with van der Waals surface area (Å²) >= 11 is 0. The average molecular weight is 385 g/mol. The minimum Gasteiger partial charge on any atom is -0.494 e. The first-order chi connectivity index (χ1) is 13.7. The summed E-state index contributed by atoms with van der Waals surface area (Å²) in [4.78, 5) is 0. The number of hydrogen-bond acceptors (Lipinski definition) is 1. The van der Waals surface area contributed by atoms with Gasteiger partial charge in [-0.1, -0.05) is 90.2 Å². The Hall–Kier alpha value is -0.980. The number of aryl methyl sites for hydroxylation is 1. The summed E-state index contributed by atoms with van der Waals surface area (Å²) in [6, 6.07) is 8.95. The van der Waals surface area contributed by atoms with E-state index in [2.05, 4.69) is 38.1 Å². The molecule has 0 atom stereocenters. The van der Waals surface area contributed by atoms with Crippen LogP contribution in [0.15, 0.2) is 24.3 Å². The monoisotopic (exact) mass is 384 g/mol. The number of hydrogen-bond donors (Lipinski definition) is 0. The maximum atomic E-state index is 6.02. The molecule has 2 fully saturated rings. The van der Waals surface area contributed by atoms with Gasteiger partial charge in [0.15, 0.2) is 0 Å². The summed E-state index contributed by atoms with van der Waals surface area (Å²) in [6.07, 6.45) is 19.6. The molecular formula is C27H44O. The normalized spacial score (nSPS) is 28.2. The summed E-state index contributed by atoms with van der Waals surface area (Å²) in [5, 5.41) is 0. The first kappa shape index (κ1) is 21.7. The SMILES string of the molecule is CCC[C@H]1CC[C@H](CCCOc2ccc(CC[C@H]3CC[C@H](C)CC3)cc2)CC1. The molecule has 0 N–H and O–H groups in total. The van der Waals surface area contributed by atoms with Gasteiger partial charge in [0, 0.05) is 0 Å². The van der Waals surface area contributed by atoms with Gasteiger partial charge in [-0.25, -0.2) is 0 Å². The van der Waals surface area contributed by atoms with Crippen LogP contribution in [0, 0.1) is 23.7 Å². The summed E-state index contributed by atoms with van der Waals surface area (Å²) in [6.45, 7) is 5.62. The molecule has 0 amide bonds. The zero-order chi connectivity index (χ0) is 19.6. The zero-order valence-electron chi connectivity index (χ0n) is 18.6. The molecule has 0 aliphatic heterocycles. The second-order valence-corrected chi connectivity index (χ2v) is 9.97. The summed E-state index contributed by atoms with van der Waals surface area (Å²) in [5.41, 5.74) is 1.48. The molecule has 1 nitrogen and oxygen atoms in total. The molecule has 3 rings (SSSR count). The molecule has 2 aliphatic rings. The lowest BCUT2D eigenvalue weighted by atomic mass is 9.78. The zero-order valence-corrected chi connectivity index (χ0v) is 18.6. The molecule has 1 aromatic rings. The minimum atomic E-state index is 0.883. The highest BCUT2D eigenvalue weighted by atomic mass is 16.5. The van der Waals surface area contributed by atoms with Crippen molar-refractivity contribution in [3.05, 3.63) is 29.8 Å². The predicted molar refractivity (Wildman–Crippen MR) is 121 cm³/mol. The van der Waals surface area contributed by atoms with E-state index in [1.54, 1.807) is 0 Å². The lowest BCUT2D eigenvalue weighted by Gasteiger charge is -2.28. The van der Waals surface area contributed by atoms with E-state index in [0.717, 1.165) is 36.0 Å². The van der Waals surface area contributed by atoms with E-state index in [9.17, 15) is 0 Å². The van der Waals surface area contributed by atoms with Crippen molar-refractivity contribution >= 4 is 0 Å². The molecule has 2 aliphatic carbocycles. The fraction of sp³-hybridized carbons (Fsp3) is 0.778. The van der Waals surface area contributed by atoms with Crippen LogP contribution in [0.5, 0.6) is 5.75 Å². The maximum absolute atomic E-state index is 6.02. The number of benzene rings is 1. The van der Waals surface area contributed by atoms with Gasteiger partial charge in [0.2, 0.25) is 0 Å². The molecule has 0 bridgehead atoms. The van der Waals surface area contributed by atoms with Gasteiger partial charge in [0.1, 0.15) is 5.75 Å². The third-order valence-corrected chi connectivity index (χ3v) is 7.59. The second-order valence-electron chi connectivity index (χ2n) is 9.97.